The Labute approximate surface area is 113 Å². The number of fused-ring (bicyclic) bond motifs is 1. The fourth-order valence-corrected chi connectivity index (χ4v) is 2.63. The van der Waals surface area contributed by atoms with Gasteiger partial charge in [-0.05, 0) is 42.3 Å². The molecule has 2 aromatic rings. The van der Waals surface area contributed by atoms with Crippen LogP contribution in [0.3, 0.4) is 0 Å². The summed E-state index contributed by atoms with van der Waals surface area (Å²) in [5.41, 5.74) is 0.877. The first-order valence-electron chi connectivity index (χ1n) is 6.83. The largest absolute Gasteiger partial charge is 0.326 e. The highest BCUT2D eigenvalue weighted by atomic mass is 16.1. The van der Waals surface area contributed by atoms with Crippen molar-refractivity contribution in [3.63, 3.8) is 0 Å². The number of carbonyl (C=O) groups excluding carboxylic acids is 1. The van der Waals surface area contributed by atoms with E-state index in [4.69, 9.17) is 0 Å². The normalized spacial score (nSPS) is 18.6. The molecule has 3 heteroatoms. The second kappa shape index (κ2) is 5.41. The van der Waals surface area contributed by atoms with Crippen molar-refractivity contribution in [3.05, 3.63) is 42.5 Å². The van der Waals surface area contributed by atoms with Gasteiger partial charge in [0.15, 0.2) is 0 Å². The van der Waals surface area contributed by atoms with Crippen molar-refractivity contribution in [1.82, 2.24) is 5.32 Å². The predicted molar refractivity (Wildman–Crippen MR) is 78.2 cm³/mol. The molecule has 1 aliphatic heterocycles. The summed E-state index contributed by atoms with van der Waals surface area (Å²) in [4.78, 5) is 12.0. The zero-order valence-corrected chi connectivity index (χ0v) is 10.9. The average Bonchev–Trinajstić information content (AvgIpc) is 2.91. The molecular weight excluding hydrogens is 236 g/mol. The summed E-state index contributed by atoms with van der Waals surface area (Å²) in [6.45, 7) is 1.04. The lowest BCUT2D eigenvalue weighted by atomic mass is 10.1. The first-order chi connectivity index (χ1) is 9.31. The quantitative estimate of drug-likeness (QED) is 0.884. The average molecular weight is 254 g/mol. The van der Waals surface area contributed by atoms with Gasteiger partial charge in [-0.3, -0.25) is 4.79 Å². The van der Waals surface area contributed by atoms with Crippen LogP contribution in [0.4, 0.5) is 5.69 Å². The lowest BCUT2D eigenvalue weighted by Gasteiger charge is -2.11. The lowest BCUT2D eigenvalue weighted by Crippen LogP contribution is -2.27. The Hall–Kier alpha value is -1.87. The van der Waals surface area contributed by atoms with Gasteiger partial charge in [0.1, 0.15) is 0 Å². The van der Waals surface area contributed by atoms with E-state index < -0.39 is 0 Å². The van der Waals surface area contributed by atoms with E-state index in [1.54, 1.807) is 0 Å². The number of hydrogen-bond acceptors (Lipinski definition) is 2. The summed E-state index contributed by atoms with van der Waals surface area (Å²) < 4.78 is 0. The molecule has 0 aliphatic carbocycles. The molecule has 98 valence electrons. The van der Waals surface area contributed by atoms with E-state index >= 15 is 0 Å². The number of benzene rings is 2. The highest BCUT2D eigenvalue weighted by molar-refractivity contribution is 5.94. The standard InChI is InChI=1S/C16H18N2O/c19-16(11-14-6-3-9-17-14)18-15-8-7-12-4-1-2-5-13(12)10-15/h1-2,4-5,7-8,10,14,17H,3,6,9,11H2,(H,18,19). The van der Waals surface area contributed by atoms with Gasteiger partial charge in [-0.2, -0.15) is 0 Å². The van der Waals surface area contributed by atoms with Crippen LogP contribution in [0.15, 0.2) is 42.5 Å². The van der Waals surface area contributed by atoms with Crippen LogP contribution in [0.1, 0.15) is 19.3 Å². The van der Waals surface area contributed by atoms with Gasteiger partial charge in [0.2, 0.25) is 5.91 Å². The Kier molecular flexibility index (Phi) is 3.47. The number of hydrogen-bond donors (Lipinski definition) is 2. The van der Waals surface area contributed by atoms with E-state index in [1.165, 1.54) is 11.8 Å². The van der Waals surface area contributed by atoms with Gasteiger partial charge < -0.3 is 10.6 Å². The Bertz CT molecular complexity index is 588. The maximum atomic E-state index is 12.0. The minimum absolute atomic E-state index is 0.0923. The number of rotatable bonds is 3. The monoisotopic (exact) mass is 254 g/mol. The summed E-state index contributed by atoms with van der Waals surface area (Å²) in [6.07, 6.45) is 2.84. The van der Waals surface area contributed by atoms with Crippen molar-refractivity contribution < 1.29 is 4.79 Å². The third-order valence-electron chi connectivity index (χ3n) is 3.63. The number of anilines is 1. The first kappa shape index (κ1) is 12.2. The van der Waals surface area contributed by atoms with Crippen molar-refractivity contribution in [2.75, 3.05) is 11.9 Å². The first-order valence-corrected chi connectivity index (χ1v) is 6.83. The van der Waals surface area contributed by atoms with Crippen molar-refractivity contribution in [1.29, 1.82) is 0 Å². The topological polar surface area (TPSA) is 41.1 Å². The summed E-state index contributed by atoms with van der Waals surface area (Å²) in [5, 5.41) is 8.67. The molecule has 1 heterocycles. The fraction of sp³-hybridized carbons (Fsp3) is 0.312. The fourth-order valence-electron chi connectivity index (χ4n) is 2.63. The highest BCUT2D eigenvalue weighted by Gasteiger charge is 2.17. The van der Waals surface area contributed by atoms with Gasteiger partial charge in [0, 0.05) is 18.2 Å². The SMILES string of the molecule is O=C(CC1CCCN1)Nc1ccc2ccccc2c1. The number of amides is 1. The third-order valence-corrected chi connectivity index (χ3v) is 3.63. The number of nitrogens with one attached hydrogen (secondary N) is 2. The van der Waals surface area contributed by atoms with E-state index in [1.807, 2.05) is 30.3 Å². The molecule has 0 spiro atoms. The van der Waals surface area contributed by atoms with Crippen molar-refractivity contribution in [2.24, 2.45) is 0 Å². The summed E-state index contributed by atoms with van der Waals surface area (Å²) in [7, 11) is 0. The number of carbonyl (C=O) groups is 1. The van der Waals surface area contributed by atoms with Crippen LogP contribution in [-0.2, 0) is 4.79 Å². The van der Waals surface area contributed by atoms with Gasteiger partial charge in [-0.1, -0.05) is 30.3 Å². The van der Waals surface area contributed by atoms with Gasteiger partial charge in [-0.25, -0.2) is 0 Å². The molecule has 0 radical (unpaired) electrons. The maximum Gasteiger partial charge on any atom is 0.225 e. The second-order valence-corrected chi connectivity index (χ2v) is 5.11. The molecule has 1 fully saturated rings. The Balaban J connectivity index is 1.68. The molecule has 0 bridgehead atoms. The summed E-state index contributed by atoms with van der Waals surface area (Å²) >= 11 is 0. The van der Waals surface area contributed by atoms with E-state index in [2.05, 4.69) is 22.8 Å². The zero-order chi connectivity index (χ0) is 13.1. The van der Waals surface area contributed by atoms with Crippen LogP contribution < -0.4 is 10.6 Å². The summed E-state index contributed by atoms with van der Waals surface area (Å²) in [5.74, 6) is 0.0923. The van der Waals surface area contributed by atoms with Crippen LogP contribution in [-0.4, -0.2) is 18.5 Å². The van der Waals surface area contributed by atoms with Gasteiger partial charge in [0.25, 0.3) is 0 Å². The van der Waals surface area contributed by atoms with Crippen molar-refractivity contribution in [3.8, 4) is 0 Å². The molecular formula is C16H18N2O. The van der Waals surface area contributed by atoms with E-state index in [0.29, 0.717) is 12.5 Å². The van der Waals surface area contributed by atoms with Crippen molar-refractivity contribution >= 4 is 22.4 Å². The molecule has 19 heavy (non-hydrogen) atoms. The maximum absolute atomic E-state index is 12.0. The van der Waals surface area contributed by atoms with Gasteiger partial charge in [0.05, 0.1) is 0 Å². The molecule has 0 saturated carbocycles. The lowest BCUT2D eigenvalue weighted by molar-refractivity contribution is -0.116. The Morgan fingerprint density at radius 2 is 2.05 bits per heavy atom. The van der Waals surface area contributed by atoms with E-state index in [0.717, 1.165) is 24.0 Å². The second-order valence-electron chi connectivity index (χ2n) is 5.11. The Morgan fingerprint density at radius 1 is 1.21 bits per heavy atom. The smallest absolute Gasteiger partial charge is 0.225 e. The van der Waals surface area contributed by atoms with Crippen molar-refractivity contribution in [2.45, 2.75) is 25.3 Å². The van der Waals surface area contributed by atoms with Crippen LogP contribution in [0, 0.1) is 0 Å². The summed E-state index contributed by atoms with van der Waals surface area (Å²) in [6, 6.07) is 14.5. The van der Waals surface area contributed by atoms with E-state index in [9.17, 15) is 4.79 Å². The molecule has 3 nitrogen and oxygen atoms in total. The molecule has 1 saturated heterocycles. The predicted octanol–water partition coefficient (Wildman–Crippen LogP) is 2.92. The Morgan fingerprint density at radius 3 is 2.84 bits per heavy atom. The zero-order valence-electron chi connectivity index (χ0n) is 10.9. The van der Waals surface area contributed by atoms with Gasteiger partial charge in [-0.15, -0.1) is 0 Å². The van der Waals surface area contributed by atoms with Gasteiger partial charge >= 0.3 is 0 Å². The minimum atomic E-state index is 0.0923. The molecule has 1 amide bonds. The van der Waals surface area contributed by atoms with Crippen LogP contribution in [0.25, 0.3) is 10.8 Å². The molecule has 2 aromatic carbocycles. The molecule has 3 rings (SSSR count). The molecule has 1 atom stereocenters. The van der Waals surface area contributed by atoms with E-state index in [-0.39, 0.29) is 5.91 Å². The van der Waals surface area contributed by atoms with Crippen LogP contribution in [0.2, 0.25) is 0 Å². The van der Waals surface area contributed by atoms with Crippen LogP contribution in [0.5, 0.6) is 0 Å². The minimum Gasteiger partial charge on any atom is -0.326 e. The van der Waals surface area contributed by atoms with Crippen LogP contribution >= 0.6 is 0 Å². The molecule has 0 aromatic heterocycles. The molecule has 1 unspecified atom stereocenters. The molecule has 2 N–H and O–H groups in total. The third kappa shape index (κ3) is 2.93. The highest BCUT2D eigenvalue weighted by Crippen LogP contribution is 2.19. The molecule has 1 aliphatic rings.